The standard InChI is InChI=1S/C23H21F3N4O2/c24-23(25,26)20-11-13-30(28-20)18-9-7-17(8-10-18)22(32)27-15-16-4-3-5-19(14-16)29-12-2-1-6-21(29)31/h3-5,7-11,13-14H,1-2,6,12,15H2,(H,27,32). The van der Waals surface area contributed by atoms with Gasteiger partial charge in [-0.05, 0) is 60.9 Å². The van der Waals surface area contributed by atoms with Crippen molar-refractivity contribution in [3.63, 3.8) is 0 Å². The van der Waals surface area contributed by atoms with E-state index in [0.29, 0.717) is 24.2 Å². The van der Waals surface area contributed by atoms with Gasteiger partial charge in [0, 0.05) is 37.0 Å². The summed E-state index contributed by atoms with van der Waals surface area (Å²) in [4.78, 5) is 26.4. The van der Waals surface area contributed by atoms with E-state index in [2.05, 4.69) is 10.4 Å². The van der Waals surface area contributed by atoms with Crippen molar-refractivity contribution >= 4 is 17.5 Å². The van der Waals surface area contributed by atoms with E-state index in [1.165, 1.54) is 30.5 Å². The zero-order valence-corrected chi connectivity index (χ0v) is 17.1. The summed E-state index contributed by atoms with van der Waals surface area (Å²) in [6.45, 7) is 0.978. The molecule has 4 rings (SSSR count). The van der Waals surface area contributed by atoms with Crippen molar-refractivity contribution in [3.05, 3.63) is 77.6 Å². The Morgan fingerprint density at radius 1 is 1.03 bits per heavy atom. The minimum atomic E-state index is -4.51. The number of alkyl halides is 3. The second-order valence-electron chi connectivity index (χ2n) is 7.55. The number of nitrogens with zero attached hydrogens (tertiary/aromatic N) is 3. The van der Waals surface area contributed by atoms with Gasteiger partial charge in [-0.2, -0.15) is 18.3 Å². The van der Waals surface area contributed by atoms with Crippen LogP contribution in [0.4, 0.5) is 18.9 Å². The normalized spacial score (nSPS) is 14.5. The molecule has 2 aromatic carbocycles. The first kappa shape index (κ1) is 21.6. The number of nitrogens with one attached hydrogen (secondary N) is 1. The first-order valence-corrected chi connectivity index (χ1v) is 10.2. The number of benzene rings is 2. The lowest BCUT2D eigenvalue weighted by atomic mass is 10.1. The average Bonchev–Trinajstić information content (AvgIpc) is 3.29. The summed E-state index contributed by atoms with van der Waals surface area (Å²) >= 11 is 0. The topological polar surface area (TPSA) is 67.2 Å². The molecule has 1 saturated heterocycles. The molecule has 0 aliphatic carbocycles. The van der Waals surface area contributed by atoms with Crippen LogP contribution >= 0.6 is 0 Å². The van der Waals surface area contributed by atoms with Gasteiger partial charge in [0.15, 0.2) is 5.69 Å². The molecule has 9 heteroatoms. The highest BCUT2D eigenvalue weighted by atomic mass is 19.4. The minimum Gasteiger partial charge on any atom is -0.348 e. The van der Waals surface area contributed by atoms with Crippen LogP contribution in [0.1, 0.15) is 40.9 Å². The van der Waals surface area contributed by atoms with Crippen LogP contribution in [0.3, 0.4) is 0 Å². The molecular formula is C23H21F3N4O2. The summed E-state index contributed by atoms with van der Waals surface area (Å²) in [6, 6.07) is 14.5. The predicted molar refractivity (Wildman–Crippen MR) is 112 cm³/mol. The lowest BCUT2D eigenvalue weighted by Crippen LogP contribution is -2.35. The number of halogens is 3. The molecule has 0 saturated carbocycles. The van der Waals surface area contributed by atoms with Crippen LogP contribution in [0.5, 0.6) is 0 Å². The van der Waals surface area contributed by atoms with Crippen molar-refractivity contribution in [1.82, 2.24) is 15.1 Å². The Balaban J connectivity index is 1.39. The number of hydrogen-bond acceptors (Lipinski definition) is 3. The fourth-order valence-corrected chi connectivity index (χ4v) is 3.58. The first-order valence-electron chi connectivity index (χ1n) is 10.2. The Bertz CT molecular complexity index is 1120. The van der Waals surface area contributed by atoms with E-state index in [1.54, 1.807) is 4.90 Å². The van der Waals surface area contributed by atoms with Crippen molar-refractivity contribution in [3.8, 4) is 5.69 Å². The molecular weight excluding hydrogens is 421 g/mol. The Kier molecular flexibility index (Phi) is 5.98. The van der Waals surface area contributed by atoms with Gasteiger partial charge in [-0.3, -0.25) is 9.59 Å². The van der Waals surface area contributed by atoms with Crippen LogP contribution in [0, 0.1) is 0 Å². The second-order valence-corrected chi connectivity index (χ2v) is 7.55. The summed E-state index contributed by atoms with van der Waals surface area (Å²) in [5, 5.41) is 6.34. The number of aromatic nitrogens is 2. The fourth-order valence-electron chi connectivity index (χ4n) is 3.58. The molecule has 166 valence electrons. The summed E-state index contributed by atoms with van der Waals surface area (Å²) in [7, 11) is 0. The maximum absolute atomic E-state index is 12.7. The van der Waals surface area contributed by atoms with E-state index < -0.39 is 11.9 Å². The molecule has 6 nitrogen and oxygen atoms in total. The van der Waals surface area contributed by atoms with Gasteiger partial charge >= 0.3 is 6.18 Å². The number of anilines is 1. The summed E-state index contributed by atoms with van der Waals surface area (Å²) < 4.78 is 39.2. The predicted octanol–water partition coefficient (Wildman–Crippen LogP) is 4.34. The molecule has 0 atom stereocenters. The van der Waals surface area contributed by atoms with E-state index in [1.807, 2.05) is 24.3 Å². The molecule has 32 heavy (non-hydrogen) atoms. The maximum atomic E-state index is 12.7. The van der Waals surface area contributed by atoms with Crippen molar-refractivity contribution < 1.29 is 22.8 Å². The quantitative estimate of drug-likeness (QED) is 0.639. The Morgan fingerprint density at radius 3 is 2.50 bits per heavy atom. The van der Waals surface area contributed by atoms with Crippen LogP contribution in [0.25, 0.3) is 5.69 Å². The third-order valence-electron chi connectivity index (χ3n) is 5.27. The van der Waals surface area contributed by atoms with E-state index in [9.17, 15) is 22.8 Å². The molecule has 1 fully saturated rings. The van der Waals surface area contributed by atoms with Gasteiger partial charge in [0.05, 0.1) is 5.69 Å². The maximum Gasteiger partial charge on any atom is 0.435 e. The SMILES string of the molecule is O=C(NCc1cccc(N2CCCCC2=O)c1)c1ccc(-n2ccc(C(F)(F)F)n2)cc1. The van der Waals surface area contributed by atoms with Crippen LogP contribution in [0.15, 0.2) is 60.8 Å². The number of rotatable bonds is 5. The van der Waals surface area contributed by atoms with E-state index >= 15 is 0 Å². The van der Waals surface area contributed by atoms with E-state index in [-0.39, 0.29) is 18.4 Å². The molecule has 1 aromatic heterocycles. The van der Waals surface area contributed by atoms with Crippen molar-refractivity contribution in [2.45, 2.75) is 32.0 Å². The highest BCUT2D eigenvalue weighted by Crippen LogP contribution is 2.28. The van der Waals surface area contributed by atoms with Gasteiger partial charge in [-0.25, -0.2) is 4.68 Å². The monoisotopic (exact) mass is 442 g/mol. The number of carbonyl (C=O) groups is 2. The minimum absolute atomic E-state index is 0.108. The molecule has 2 heterocycles. The Morgan fingerprint density at radius 2 is 1.81 bits per heavy atom. The zero-order valence-electron chi connectivity index (χ0n) is 17.1. The van der Waals surface area contributed by atoms with Crippen LogP contribution in [-0.4, -0.2) is 28.1 Å². The molecule has 2 amide bonds. The first-order chi connectivity index (χ1) is 15.3. The zero-order chi connectivity index (χ0) is 22.7. The molecule has 3 aromatic rings. The van der Waals surface area contributed by atoms with Gasteiger partial charge in [0.2, 0.25) is 5.91 Å². The molecule has 0 spiro atoms. The van der Waals surface area contributed by atoms with Crippen LogP contribution in [0.2, 0.25) is 0 Å². The third-order valence-corrected chi connectivity index (χ3v) is 5.27. The van der Waals surface area contributed by atoms with Gasteiger partial charge in [0.25, 0.3) is 5.91 Å². The summed E-state index contributed by atoms with van der Waals surface area (Å²) in [5.41, 5.74) is 1.49. The third kappa shape index (κ3) is 4.82. The van der Waals surface area contributed by atoms with Gasteiger partial charge in [0.1, 0.15) is 0 Å². The molecule has 1 N–H and O–H groups in total. The molecule has 0 unspecified atom stereocenters. The summed E-state index contributed by atoms with van der Waals surface area (Å²) in [5.74, 6) is -0.204. The summed E-state index contributed by atoms with van der Waals surface area (Å²) in [6.07, 6.45) is -0.860. The second kappa shape index (κ2) is 8.86. The molecule has 1 aliphatic rings. The van der Waals surface area contributed by atoms with Crippen molar-refractivity contribution in [2.24, 2.45) is 0 Å². The lowest BCUT2D eigenvalue weighted by molar-refractivity contribution is -0.141. The highest BCUT2D eigenvalue weighted by Gasteiger charge is 2.33. The number of piperidine rings is 1. The number of amides is 2. The van der Waals surface area contributed by atoms with Crippen LogP contribution in [-0.2, 0) is 17.5 Å². The molecule has 0 radical (unpaired) electrons. The Labute approximate surface area is 182 Å². The van der Waals surface area contributed by atoms with Crippen molar-refractivity contribution in [1.29, 1.82) is 0 Å². The fraction of sp³-hybridized carbons (Fsp3) is 0.261. The highest BCUT2D eigenvalue weighted by molar-refractivity contribution is 5.95. The van der Waals surface area contributed by atoms with Gasteiger partial charge in [-0.1, -0.05) is 12.1 Å². The largest absolute Gasteiger partial charge is 0.435 e. The van der Waals surface area contributed by atoms with Crippen molar-refractivity contribution in [2.75, 3.05) is 11.4 Å². The van der Waals surface area contributed by atoms with Gasteiger partial charge in [-0.15, -0.1) is 0 Å². The molecule has 1 aliphatic heterocycles. The van der Waals surface area contributed by atoms with Crippen LogP contribution < -0.4 is 10.2 Å². The average molecular weight is 442 g/mol. The number of hydrogen-bond donors (Lipinski definition) is 1. The number of carbonyl (C=O) groups excluding carboxylic acids is 2. The van der Waals surface area contributed by atoms with E-state index in [0.717, 1.165) is 34.8 Å². The van der Waals surface area contributed by atoms with Gasteiger partial charge < -0.3 is 10.2 Å². The lowest BCUT2D eigenvalue weighted by Gasteiger charge is -2.27. The Hall–Kier alpha value is -3.62. The smallest absolute Gasteiger partial charge is 0.348 e. The molecule has 0 bridgehead atoms. The van der Waals surface area contributed by atoms with E-state index in [4.69, 9.17) is 0 Å².